The first-order valence-corrected chi connectivity index (χ1v) is 6.42. The van der Waals surface area contributed by atoms with Crippen LogP contribution in [0.2, 0.25) is 0 Å². The number of aromatic nitrogens is 1. The standard InChI is InChI=1S/C15H13N3O5/c1-23-15(22)14-13(17)9(6-16)7-18(14)10-4-8(5-12(20)21)2-3-11(10)19/h2-4,7,19H,5,17H2,1H3,(H,20,21). The molecule has 2 rings (SSSR count). The maximum Gasteiger partial charge on any atom is 0.357 e. The molecule has 0 aliphatic carbocycles. The van der Waals surface area contributed by atoms with Crippen molar-refractivity contribution in [3.63, 3.8) is 0 Å². The van der Waals surface area contributed by atoms with Crippen molar-refractivity contribution < 1.29 is 24.5 Å². The van der Waals surface area contributed by atoms with Gasteiger partial charge in [-0.3, -0.25) is 4.79 Å². The van der Waals surface area contributed by atoms with Gasteiger partial charge in [0.1, 0.15) is 11.8 Å². The number of nitriles is 1. The summed E-state index contributed by atoms with van der Waals surface area (Å²) in [5.74, 6) is -2.03. The van der Waals surface area contributed by atoms with Crippen LogP contribution in [0.4, 0.5) is 5.69 Å². The van der Waals surface area contributed by atoms with Crippen LogP contribution in [-0.4, -0.2) is 33.8 Å². The van der Waals surface area contributed by atoms with E-state index in [9.17, 15) is 14.7 Å². The van der Waals surface area contributed by atoms with Gasteiger partial charge in [0, 0.05) is 6.20 Å². The highest BCUT2D eigenvalue weighted by atomic mass is 16.5. The molecule has 0 aliphatic heterocycles. The zero-order chi connectivity index (χ0) is 17.1. The fourth-order valence-electron chi connectivity index (χ4n) is 2.15. The number of nitrogens with two attached hydrogens (primary N) is 1. The summed E-state index contributed by atoms with van der Waals surface area (Å²) in [5.41, 5.74) is 6.14. The van der Waals surface area contributed by atoms with Crippen molar-refractivity contribution in [2.24, 2.45) is 0 Å². The molecule has 0 radical (unpaired) electrons. The second kappa shape index (κ2) is 6.11. The maximum absolute atomic E-state index is 11.9. The number of carbonyl (C=O) groups is 2. The van der Waals surface area contributed by atoms with E-state index >= 15 is 0 Å². The third-order valence-corrected chi connectivity index (χ3v) is 3.20. The molecule has 1 aromatic heterocycles. The van der Waals surface area contributed by atoms with Crippen molar-refractivity contribution in [2.75, 3.05) is 12.8 Å². The Morgan fingerprint density at radius 1 is 1.43 bits per heavy atom. The zero-order valence-corrected chi connectivity index (χ0v) is 12.1. The molecule has 0 saturated heterocycles. The lowest BCUT2D eigenvalue weighted by Crippen LogP contribution is -2.11. The Labute approximate surface area is 130 Å². The number of carbonyl (C=O) groups excluding carboxylic acids is 1. The van der Waals surface area contributed by atoms with Crippen molar-refractivity contribution in [3.8, 4) is 17.5 Å². The number of carboxylic acids is 1. The summed E-state index contributed by atoms with van der Waals surface area (Å²) >= 11 is 0. The van der Waals surface area contributed by atoms with E-state index in [4.69, 9.17) is 16.1 Å². The molecule has 1 aromatic carbocycles. The third-order valence-electron chi connectivity index (χ3n) is 3.20. The van der Waals surface area contributed by atoms with Crippen molar-refractivity contribution in [1.82, 2.24) is 4.57 Å². The molecule has 0 unspecified atom stereocenters. The largest absolute Gasteiger partial charge is 0.506 e. The first-order chi connectivity index (χ1) is 10.9. The average Bonchev–Trinajstić information content (AvgIpc) is 2.84. The van der Waals surface area contributed by atoms with Gasteiger partial charge in [0.15, 0.2) is 5.69 Å². The molecule has 23 heavy (non-hydrogen) atoms. The smallest absolute Gasteiger partial charge is 0.357 e. The van der Waals surface area contributed by atoms with E-state index in [0.717, 1.165) is 7.11 Å². The van der Waals surface area contributed by atoms with Crippen LogP contribution in [0.15, 0.2) is 24.4 Å². The van der Waals surface area contributed by atoms with Crippen LogP contribution < -0.4 is 5.73 Å². The molecule has 0 aliphatic rings. The second-order valence-corrected chi connectivity index (χ2v) is 4.67. The van der Waals surface area contributed by atoms with Gasteiger partial charge in [-0.15, -0.1) is 0 Å². The Balaban J connectivity index is 2.69. The quantitative estimate of drug-likeness (QED) is 0.716. The highest BCUT2D eigenvalue weighted by Crippen LogP contribution is 2.30. The van der Waals surface area contributed by atoms with Crippen LogP contribution in [0.25, 0.3) is 5.69 Å². The molecule has 4 N–H and O–H groups in total. The molecule has 118 valence electrons. The fraction of sp³-hybridized carbons (Fsp3) is 0.133. The van der Waals surface area contributed by atoms with E-state index in [1.807, 2.05) is 6.07 Å². The molecular formula is C15H13N3O5. The molecule has 0 bridgehead atoms. The Hall–Kier alpha value is -3.47. The number of phenols is 1. The molecule has 0 saturated carbocycles. The molecule has 8 nitrogen and oxygen atoms in total. The summed E-state index contributed by atoms with van der Waals surface area (Å²) in [7, 11) is 1.16. The van der Waals surface area contributed by atoms with Crippen molar-refractivity contribution in [3.05, 3.63) is 41.2 Å². The number of rotatable bonds is 4. The summed E-state index contributed by atoms with van der Waals surface area (Å²) in [6.45, 7) is 0. The first kappa shape index (κ1) is 15.9. The minimum atomic E-state index is -1.04. The number of nitrogens with zero attached hydrogens (tertiary/aromatic N) is 2. The minimum Gasteiger partial charge on any atom is -0.506 e. The van der Waals surface area contributed by atoms with Gasteiger partial charge in [0.05, 0.1) is 30.5 Å². The lowest BCUT2D eigenvalue weighted by molar-refractivity contribution is -0.136. The molecule has 1 heterocycles. The number of aromatic hydroxyl groups is 1. The van der Waals surface area contributed by atoms with Gasteiger partial charge in [-0.25, -0.2) is 4.79 Å². The summed E-state index contributed by atoms with van der Waals surface area (Å²) in [5, 5.41) is 28.0. The Morgan fingerprint density at radius 3 is 2.70 bits per heavy atom. The van der Waals surface area contributed by atoms with Crippen molar-refractivity contribution in [1.29, 1.82) is 5.26 Å². The molecule has 8 heteroatoms. The highest BCUT2D eigenvalue weighted by Gasteiger charge is 2.23. The van der Waals surface area contributed by atoms with Crippen LogP contribution in [0.5, 0.6) is 5.75 Å². The number of aliphatic carboxylic acids is 1. The first-order valence-electron chi connectivity index (χ1n) is 6.42. The maximum atomic E-state index is 11.9. The topological polar surface area (TPSA) is 139 Å². The van der Waals surface area contributed by atoms with Gasteiger partial charge in [-0.1, -0.05) is 6.07 Å². The molecule has 0 fully saturated rings. The van der Waals surface area contributed by atoms with E-state index < -0.39 is 11.9 Å². The number of anilines is 1. The summed E-state index contributed by atoms with van der Waals surface area (Å²) in [6.07, 6.45) is 1.02. The molecule has 2 aromatic rings. The summed E-state index contributed by atoms with van der Waals surface area (Å²) < 4.78 is 5.86. The minimum absolute atomic E-state index is 0.0356. The molecular weight excluding hydrogens is 302 g/mol. The van der Waals surface area contributed by atoms with Crippen LogP contribution in [-0.2, 0) is 16.0 Å². The number of ether oxygens (including phenoxy) is 1. The molecule has 0 atom stereocenters. The predicted octanol–water partition coefficient (Wildman–Crippen LogP) is 1.05. The van der Waals surface area contributed by atoms with Gasteiger partial charge >= 0.3 is 11.9 Å². The SMILES string of the molecule is COC(=O)c1c(N)c(C#N)cn1-c1cc(CC(=O)O)ccc1O. The van der Waals surface area contributed by atoms with Gasteiger partial charge in [-0.2, -0.15) is 5.26 Å². The second-order valence-electron chi connectivity index (χ2n) is 4.67. The average molecular weight is 315 g/mol. The van der Waals surface area contributed by atoms with Gasteiger partial charge in [0.25, 0.3) is 0 Å². The number of methoxy groups -OCH3 is 1. The number of phenolic OH excluding ortho intramolecular Hbond substituents is 1. The fourth-order valence-corrected chi connectivity index (χ4v) is 2.15. The molecule has 0 spiro atoms. The van der Waals surface area contributed by atoms with Crippen LogP contribution in [0.1, 0.15) is 21.6 Å². The van der Waals surface area contributed by atoms with Gasteiger partial charge in [0.2, 0.25) is 0 Å². The third kappa shape index (κ3) is 2.94. The zero-order valence-electron chi connectivity index (χ0n) is 12.1. The van der Waals surface area contributed by atoms with Crippen molar-refractivity contribution in [2.45, 2.75) is 6.42 Å². The number of carboxylic acid groups (broad SMARTS) is 1. The Bertz CT molecular complexity index is 832. The number of hydrogen-bond acceptors (Lipinski definition) is 6. The van der Waals surface area contributed by atoms with E-state index in [0.29, 0.717) is 5.56 Å². The van der Waals surface area contributed by atoms with E-state index in [2.05, 4.69) is 4.74 Å². The van der Waals surface area contributed by atoms with Gasteiger partial charge < -0.3 is 25.3 Å². The predicted molar refractivity (Wildman–Crippen MR) is 79.2 cm³/mol. The number of esters is 1. The van der Waals surface area contributed by atoms with Crippen molar-refractivity contribution >= 4 is 17.6 Å². The lowest BCUT2D eigenvalue weighted by Gasteiger charge is -2.11. The number of nitrogen functional groups attached to an aromatic ring is 1. The summed E-state index contributed by atoms with van der Waals surface area (Å²) in [6, 6.07) is 5.99. The number of benzene rings is 1. The van der Waals surface area contributed by atoms with E-state index in [-0.39, 0.29) is 34.8 Å². The van der Waals surface area contributed by atoms with Crippen LogP contribution in [0, 0.1) is 11.3 Å². The normalized spacial score (nSPS) is 10.1. The number of hydrogen-bond donors (Lipinski definition) is 3. The Morgan fingerprint density at radius 2 is 2.13 bits per heavy atom. The molecule has 0 amide bonds. The monoisotopic (exact) mass is 315 g/mol. The Kier molecular flexibility index (Phi) is 4.23. The lowest BCUT2D eigenvalue weighted by atomic mass is 10.1. The van der Waals surface area contributed by atoms with Crippen LogP contribution >= 0.6 is 0 Å². The van der Waals surface area contributed by atoms with E-state index in [1.165, 1.54) is 29.0 Å². The van der Waals surface area contributed by atoms with Gasteiger partial charge in [-0.05, 0) is 17.7 Å². The van der Waals surface area contributed by atoms with E-state index in [1.54, 1.807) is 0 Å². The highest BCUT2D eigenvalue weighted by molar-refractivity contribution is 5.96. The van der Waals surface area contributed by atoms with Crippen LogP contribution in [0.3, 0.4) is 0 Å². The summed E-state index contributed by atoms with van der Waals surface area (Å²) in [4.78, 5) is 22.7.